The first-order valence-electron chi connectivity index (χ1n) is 8.74. The summed E-state index contributed by atoms with van der Waals surface area (Å²) >= 11 is 9.48. The quantitative estimate of drug-likeness (QED) is 0.651. The molecule has 7 nitrogen and oxygen atoms in total. The summed E-state index contributed by atoms with van der Waals surface area (Å²) in [7, 11) is 0. The summed E-state index contributed by atoms with van der Waals surface area (Å²) in [5, 5.41) is 15.4. The average Bonchev–Trinajstić information content (AvgIpc) is 2.68. The van der Waals surface area contributed by atoms with Gasteiger partial charge in [0.15, 0.2) is 0 Å². The van der Waals surface area contributed by atoms with E-state index in [0.29, 0.717) is 10.6 Å². The molecule has 9 heteroatoms. The fourth-order valence-corrected chi connectivity index (χ4v) is 3.44. The zero-order valence-corrected chi connectivity index (χ0v) is 17.8. The van der Waals surface area contributed by atoms with Gasteiger partial charge in [-0.15, -0.1) is 0 Å². The second-order valence-electron chi connectivity index (χ2n) is 6.32. The molecule has 0 aliphatic carbocycles. The number of carboxylic acid groups (broad SMARTS) is 2. The summed E-state index contributed by atoms with van der Waals surface area (Å²) in [5.41, 5.74) is 1.95. The van der Waals surface area contributed by atoms with E-state index in [1.165, 1.54) is 5.56 Å². The van der Waals surface area contributed by atoms with Crippen LogP contribution in [0.4, 0.5) is 0 Å². The van der Waals surface area contributed by atoms with Crippen molar-refractivity contribution in [3.8, 4) is 0 Å². The molecule has 2 aromatic carbocycles. The number of aliphatic carboxylic acids is 2. The van der Waals surface area contributed by atoms with Gasteiger partial charge in [0.2, 0.25) is 0 Å². The van der Waals surface area contributed by atoms with Crippen LogP contribution in [0, 0.1) is 0 Å². The number of hydrogen-bond donors (Lipinski definition) is 2. The van der Waals surface area contributed by atoms with Gasteiger partial charge >= 0.3 is 11.9 Å². The molecular weight excluding hydrogens is 464 g/mol. The van der Waals surface area contributed by atoms with Crippen LogP contribution in [0.15, 0.2) is 53.0 Å². The predicted molar refractivity (Wildman–Crippen MR) is 112 cm³/mol. The van der Waals surface area contributed by atoms with Crippen molar-refractivity contribution in [1.29, 1.82) is 0 Å². The Bertz CT molecular complexity index is 873. The molecule has 1 aliphatic rings. The van der Waals surface area contributed by atoms with Gasteiger partial charge in [-0.25, -0.2) is 9.59 Å². The first-order valence-corrected chi connectivity index (χ1v) is 9.91. The number of carbonyl (C=O) groups excluding carboxylic acids is 1. The van der Waals surface area contributed by atoms with E-state index >= 15 is 0 Å². The normalized spacial score (nSPS) is 13.9. The number of carbonyl (C=O) groups is 3. The number of piperazine rings is 1. The molecule has 1 heterocycles. The van der Waals surface area contributed by atoms with E-state index in [2.05, 4.69) is 39.0 Å². The largest absolute Gasteiger partial charge is 0.473 e. The number of rotatable bonds is 3. The fourth-order valence-electron chi connectivity index (χ4n) is 2.81. The molecule has 0 bridgehead atoms. The topological polar surface area (TPSA) is 98.1 Å². The van der Waals surface area contributed by atoms with Crippen LogP contribution >= 0.6 is 27.5 Å². The maximum Gasteiger partial charge on any atom is 0.414 e. The summed E-state index contributed by atoms with van der Waals surface area (Å²) in [4.78, 5) is 35.0. The Balaban J connectivity index is 0.000000438. The second-order valence-corrected chi connectivity index (χ2v) is 7.67. The third kappa shape index (κ3) is 7.49. The highest BCUT2D eigenvalue weighted by Crippen LogP contribution is 2.17. The molecule has 0 saturated carbocycles. The SMILES string of the molecule is O=C(O)C(=O)O.O=C(c1cccc(Cl)c1)N1CCN(Cc2cccc(Br)c2)CC1. The second kappa shape index (κ2) is 10.9. The highest BCUT2D eigenvalue weighted by Gasteiger charge is 2.22. The van der Waals surface area contributed by atoms with E-state index in [9.17, 15) is 4.79 Å². The molecule has 2 aromatic rings. The summed E-state index contributed by atoms with van der Waals surface area (Å²) in [6.07, 6.45) is 0. The third-order valence-electron chi connectivity index (χ3n) is 4.21. The summed E-state index contributed by atoms with van der Waals surface area (Å²) in [6, 6.07) is 15.5. The molecular formula is C20H20BrClN2O5. The van der Waals surface area contributed by atoms with Crippen molar-refractivity contribution in [2.45, 2.75) is 6.54 Å². The van der Waals surface area contributed by atoms with Gasteiger partial charge in [-0.05, 0) is 35.9 Å². The molecule has 0 unspecified atom stereocenters. The lowest BCUT2D eigenvalue weighted by Crippen LogP contribution is -2.48. The molecule has 0 spiro atoms. The maximum atomic E-state index is 12.5. The Morgan fingerprint density at radius 1 is 0.931 bits per heavy atom. The highest BCUT2D eigenvalue weighted by molar-refractivity contribution is 9.10. The van der Waals surface area contributed by atoms with Crippen LogP contribution in [0.1, 0.15) is 15.9 Å². The molecule has 1 aliphatic heterocycles. The van der Waals surface area contributed by atoms with E-state index in [4.69, 9.17) is 31.4 Å². The molecule has 0 aromatic heterocycles. The van der Waals surface area contributed by atoms with Gasteiger partial charge in [0.05, 0.1) is 0 Å². The third-order valence-corrected chi connectivity index (χ3v) is 4.94. The summed E-state index contributed by atoms with van der Waals surface area (Å²) < 4.78 is 1.10. The number of halogens is 2. The van der Waals surface area contributed by atoms with E-state index < -0.39 is 11.9 Å². The monoisotopic (exact) mass is 482 g/mol. The van der Waals surface area contributed by atoms with Crippen LogP contribution in [0.25, 0.3) is 0 Å². The van der Waals surface area contributed by atoms with Crippen molar-refractivity contribution in [3.05, 3.63) is 69.2 Å². The minimum atomic E-state index is -1.82. The van der Waals surface area contributed by atoms with Crippen LogP contribution in [-0.4, -0.2) is 64.0 Å². The Labute approximate surface area is 181 Å². The molecule has 1 fully saturated rings. The van der Waals surface area contributed by atoms with Gasteiger partial charge in [0, 0.05) is 47.8 Å². The van der Waals surface area contributed by atoms with E-state index in [-0.39, 0.29) is 5.91 Å². The zero-order chi connectivity index (χ0) is 21.4. The number of nitrogens with zero attached hydrogens (tertiary/aromatic N) is 2. The van der Waals surface area contributed by atoms with Gasteiger partial charge in [-0.2, -0.15) is 0 Å². The molecule has 0 atom stereocenters. The summed E-state index contributed by atoms with van der Waals surface area (Å²) in [6.45, 7) is 4.19. The number of benzene rings is 2. The first-order chi connectivity index (χ1) is 13.8. The van der Waals surface area contributed by atoms with Crippen LogP contribution in [0.2, 0.25) is 5.02 Å². The van der Waals surface area contributed by atoms with Crippen LogP contribution in [0.5, 0.6) is 0 Å². The van der Waals surface area contributed by atoms with Crippen LogP contribution in [-0.2, 0) is 16.1 Å². The lowest BCUT2D eigenvalue weighted by molar-refractivity contribution is -0.159. The van der Waals surface area contributed by atoms with Crippen molar-refractivity contribution < 1.29 is 24.6 Å². The lowest BCUT2D eigenvalue weighted by atomic mass is 10.1. The zero-order valence-electron chi connectivity index (χ0n) is 15.4. The Kier molecular flexibility index (Phi) is 8.63. The Morgan fingerprint density at radius 2 is 1.55 bits per heavy atom. The van der Waals surface area contributed by atoms with Crippen LogP contribution in [0.3, 0.4) is 0 Å². The minimum absolute atomic E-state index is 0.0644. The van der Waals surface area contributed by atoms with E-state index in [1.807, 2.05) is 23.1 Å². The molecule has 0 radical (unpaired) electrons. The van der Waals surface area contributed by atoms with Crippen LogP contribution < -0.4 is 0 Å². The molecule has 154 valence electrons. The molecule has 3 rings (SSSR count). The van der Waals surface area contributed by atoms with Crippen molar-refractivity contribution in [3.63, 3.8) is 0 Å². The van der Waals surface area contributed by atoms with Gasteiger partial charge in [0.1, 0.15) is 0 Å². The van der Waals surface area contributed by atoms with Gasteiger partial charge in [-0.1, -0.05) is 45.7 Å². The average molecular weight is 484 g/mol. The van der Waals surface area contributed by atoms with Crippen molar-refractivity contribution in [2.75, 3.05) is 26.2 Å². The minimum Gasteiger partial charge on any atom is -0.473 e. The van der Waals surface area contributed by atoms with Crippen molar-refractivity contribution in [2.24, 2.45) is 0 Å². The molecule has 1 saturated heterocycles. The van der Waals surface area contributed by atoms with E-state index in [0.717, 1.165) is 37.2 Å². The Morgan fingerprint density at radius 3 is 2.10 bits per heavy atom. The standard InChI is InChI=1S/C18H18BrClN2O.C2H2O4/c19-16-5-1-3-14(11-16)13-21-7-9-22(10-8-21)18(23)15-4-2-6-17(20)12-15;3-1(4)2(5)6/h1-6,11-12H,7-10,13H2;(H,3,4)(H,5,6). The van der Waals surface area contributed by atoms with E-state index in [1.54, 1.807) is 12.1 Å². The maximum absolute atomic E-state index is 12.5. The molecule has 29 heavy (non-hydrogen) atoms. The number of carboxylic acids is 2. The number of hydrogen-bond acceptors (Lipinski definition) is 4. The predicted octanol–water partition coefficient (Wildman–Crippen LogP) is 3.22. The van der Waals surface area contributed by atoms with Crippen molar-refractivity contribution in [1.82, 2.24) is 9.80 Å². The van der Waals surface area contributed by atoms with Gasteiger partial charge in [0.25, 0.3) is 5.91 Å². The first kappa shape index (κ1) is 22.9. The van der Waals surface area contributed by atoms with Gasteiger partial charge in [-0.3, -0.25) is 9.69 Å². The lowest BCUT2D eigenvalue weighted by Gasteiger charge is -2.34. The van der Waals surface area contributed by atoms with Crippen molar-refractivity contribution >= 4 is 45.4 Å². The molecule has 1 amide bonds. The molecule has 2 N–H and O–H groups in total. The van der Waals surface area contributed by atoms with Gasteiger partial charge < -0.3 is 15.1 Å². The Hall–Kier alpha value is -2.42. The number of amides is 1. The fraction of sp³-hybridized carbons (Fsp3) is 0.250. The summed E-state index contributed by atoms with van der Waals surface area (Å²) in [5.74, 6) is -3.58. The smallest absolute Gasteiger partial charge is 0.414 e. The highest BCUT2D eigenvalue weighted by atomic mass is 79.9.